The number of ether oxygens (including phenoxy) is 2. The van der Waals surface area contributed by atoms with Gasteiger partial charge in [-0.15, -0.1) is 0 Å². The van der Waals surface area contributed by atoms with Crippen molar-refractivity contribution in [1.82, 2.24) is 10.2 Å². The van der Waals surface area contributed by atoms with Crippen LogP contribution in [0.5, 0.6) is 11.5 Å². The summed E-state index contributed by atoms with van der Waals surface area (Å²) in [4.78, 5) is 26.3. The van der Waals surface area contributed by atoms with E-state index in [0.29, 0.717) is 17.1 Å². The molecule has 6 nitrogen and oxygen atoms in total. The number of benzene rings is 1. The van der Waals surface area contributed by atoms with Crippen molar-refractivity contribution in [2.24, 2.45) is 5.92 Å². The van der Waals surface area contributed by atoms with Crippen LogP contribution in [0.3, 0.4) is 0 Å². The number of amides is 2. The summed E-state index contributed by atoms with van der Waals surface area (Å²) >= 11 is 0. The maximum atomic E-state index is 12.7. The average Bonchev–Trinajstić information content (AvgIpc) is 2.70. The molecule has 0 atom stereocenters. The maximum absolute atomic E-state index is 12.7. The third kappa shape index (κ3) is 6.73. The van der Waals surface area contributed by atoms with Crippen LogP contribution in [0, 0.1) is 5.92 Å². The molecule has 1 fully saturated rings. The van der Waals surface area contributed by atoms with Crippen LogP contribution in [0.4, 0.5) is 0 Å². The molecular weight excluding hydrogens is 356 g/mol. The Morgan fingerprint density at radius 1 is 1.18 bits per heavy atom. The quantitative estimate of drug-likeness (QED) is 0.699. The summed E-state index contributed by atoms with van der Waals surface area (Å²) in [5.74, 6) is 1.41. The van der Waals surface area contributed by atoms with Gasteiger partial charge in [-0.05, 0) is 44.4 Å². The summed E-state index contributed by atoms with van der Waals surface area (Å²) < 4.78 is 10.9. The van der Waals surface area contributed by atoms with E-state index in [0.717, 1.165) is 18.9 Å². The Morgan fingerprint density at radius 2 is 1.89 bits per heavy atom. The van der Waals surface area contributed by atoms with Gasteiger partial charge in [0.2, 0.25) is 0 Å². The van der Waals surface area contributed by atoms with E-state index in [4.69, 9.17) is 9.47 Å². The molecule has 1 aliphatic carbocycles. The van der Waals surface area contributed by atoms with Gasteiger partial charge in [0, 0.05) is 25.2 Å². The summed E-state index contributed by atoms with van der Waals surface area (Å²) in [5, 5.41) is 2.77. The van der Waals surface area contributed by atoms with E-state index < -0.39 is 0 Å². The van der Waals surface area contributed by atoms with Crippen molar-refractivity contribution in [1.29, 1.82) is 0 Å². The van der Waals surface area contributed by atoms with Crippen LogP contribution in [0.1, 0.15) is 62.7 Å². The van der Waals surface area contributed by atoms with Crippen molar-refractivity contribution < 1.29 is 19.1 Å². The molecule has 156 valence electrons. The van der Waals surface area contributed by atoms with Gasteiger partial charge >= 0.3 is 0 Å². The van der Waals surface area contributed by atoms with E-state index in [1.807, 2.05) is 20.9 Å². The first-order valence-corrected chi connectivity index (χ1v) is 10.3. The fraction of sp³-hybridized carbons (Fsp3) is 0.636. The van der Waals surface area contributed by atoms with Gasteiger partial charge in [-0.3, -0.25) is 9.59 Å². The second-order valence-electron chi connectivity index (χ2n) is 7.90. The number of nitrogens with zero attached hydrogens (tertiary/aromatic N) is 1. The Labute approximate surface area is 168 Å². The molecule has 0 saturated heterocycles. The van der Waals surface area contributed by atoms with Crippen LogP contribution in [0.2, 0.25) is 0 Å². The fourth-order valence-electron chi connectivity index (χ4n) is 3.60. The third-order valence-electron chi connectivity index (χ3n) is 5.16. The lowest BCUT2D eigenvalue weighted by atomic mass is 9.87. The molecule has 6 heteroatoms. The summed E-state index contributed by atoms with van der Waals surface area (Å²) in [7, 11) is 3.37. The number of rotatable bonds is 9. The molecule has 0 aromatic heterocycles. The number of hydrogen-bond acceptors (Lipinski definition) is 4. The number of methoxy groups -OCH3 is 1. The summed E-state index contributed by atoms with van der Waals surface area (Å²) in [6.07, 6.45) is 7.61. The standard InChI is InChI=1S/C22H34N2O4/c1-16(2)23-21(25)15-28-19-11-10-18(14-20(19)27-4)22(26)24(3)13-12-17-8-6-5-7-9-17/h10-11,14,16-17H,5-9,12-13,15H2,1-4H3,(H,23,25). The van der Waals surface area contributed by atoms with E-state index in [9.17, 15) is 9.59 Å². The zero-order chi connectivity index (χ0) is 20.5. The predicted octanol–water partition coefficient (Wildman–Crippen LogP) is 3.64. The van der Waals surface area contributed by atoms with Gasteiger partial charge in [0.15, 0.2) is 18.1 Å². The van der Waals surface area contributed by atoms with Gasteiger partial charge in [0.25, 0.3) is 11.8 Å². The Kier molecular flexibility index (Phi) is 8.61. The first-order chi connectivity index (χ1) is 13.4. The molecule has 28 heavy (non-hydrogen) atoms. The van der Waals surface area contributed by atoms with Crippen molar-refractivity contribution >= 4 is 11.8 Å². The molecule has 1 N–H and O–H groups in total. The van der Waals surface area contributed by atoms with Crippen molar-refractivity contribution in [2.45, 2.75) is 58.4 Å². The molecular formula is C22H34N2O4. The zero-order valence-corrected chi connectivity index (χ0v) is 17.6. The molecule has 0 unspecified atom stereocenters. The second-order valence-corrected chi connectivity index (χ2v) is 7.90. The van der Waals surface area contributed by atoms with Gasteiger partial charge in [-0.1, -0.05) is 32.1 Å². The molecule has 1 aromatic rings. The van der Waals surface area contributed by atoms with E-state index in [1.54, 1.807) is 23.1 Å². The Morgan fingerprint density at radius 3 is 2.54 bits per heavy atom. The van der Waals surface area contributed by atoms with Gasteiger partial charge in [0.05, 0.1) is 7.11 Å². The van der Waals surface area contributed by atoms with E-state index in [1.165, 1.54) is 39.2 Å². The summed E-state index contributed by atoms with van der Waals surface area (Å²) in [6.45, 7) is 4.45. The molecule has 1 saturated carbocycles. The van der Waals surface area contributed by atoms with Crippen molar-refractivity contribution in [2.75, 3.05) is 27.3 Å². The number of hydrogen-bond donors (Lipinski definition) is 1. The number of nitrogens with one attached hydrogen (secondary N) is 1. The number of carbonyl (C=O) groups excluding carboxylic acids is 2. The minimum Gasteiger partial charge on any atom is -0.493 e. The predicted molar refractivity (Wildman–Crippen MR) is 110 cm³/mol. The van der Waals surface area contributed by atoms with Crippen molar-refractivity contribution in [3.05, 3.63) is 23.8 Å². The third-order valence-corrected chi connectivity index (χ3v) is 5.16. The Hall–Kier alpha value is -2.24. The molecule has 0 radical (unpaired) electrons. The van der Waals surface area contributed by atoms with Gasteiger partial charge in [0.1, 0.15) is 0 Å². The van der Waals surface area contributed by atoms with Crippen LogP contribution in [0.25, 0.3) is 0 Å². The summed E-state index contributed by atoms with van der Waals surface area (Å²) in [6, 6.07) is 5.14. The zero-order valence-electron chi connectivity index (χ0n) is 17.6. The fourth-order valence-corrected chi connectivity index (χ4v) is 3.60. The Balaban J connectivity index is 1.93. The first kappa shape index (κ1) is 22.1. The van der Waals surface area contributed by atoms with E-state index >= 15 is 0 Å². The highest BCUT2D eigenvalue weighted by atomic mass is 16.5. The lowest BCUT2D eigenvalue weighted by Gasteiger charge is -2.25. The van der Waals surface area contributed by atoms with Crippen LogP contribution in [0.15, 0.2) is 18.2 Å². The van der Waals surface area contributed by atoms with Crippen LogP contribution < -0.4 is 14.8 Å². The van der Waals surface area contributed by atoms with Crippen LogP contribution >= 0.6 is 0 Å². The van der Waals surface area contributed by atoms with Crippen molar-refractivity contribution in [3.8, 4) is 11.5 Å². The smallest absolute Gasteiger partial charge is 0.258 e. The highest BCUT2D eigenvalue weighted by Gasteiger charge is 2.18. The molecule has 2 amide bonds. The van der Waals surface area contributed by atoms with Crippen LogP contribution in [-0.2, 0) is 4.79 Å². The van der Waals surface area contributed by atoms with E-state index in [2.05, 4.69) is 5.32 Å². The lowest BCUT2D eigenvalue weighted by Crippen LogP contribution is -2.34. The van der Waals surface area contributed by atoms with Gasteiger partial charge in [-0.25, -0.2) is 0 Å². The second kappa shape index (κ2) is 10.9. The SMILES string of the molecule is COc1cc(C(=O)N(C)CCC2CCCCC2)ccc1OCC(=O)NC(C)C. The lowest BCUT2D eigenvalue weighted by molar-refractivity contribution is -0.123. The Bertz CT molecular complexity index is 654. The van der Waals surface area contributed by atoms with Gasteiger partial charge < -0.3 is 19.7 Å². The molecule has 0 aliphatic heterocycles. The molecule has 0 spiro atoms. The molecule has 0 bridgehead atoms. The molecule has 2 rings (SSSR count). The highest BCUT2D eigenvalue weighted by Crippen LogP contribution is 2.29. The average molecular weight is 391 g/mol. The summed E-state index contributed by atoms with van der Waals surface area (Å²) in [5.41, 5.74) is 0.557. The van der Waals surface area contributed by atoms with E-state index in [-0.39, 0.29) is 24.5 Å². The topological polar surface area (TPSA) is 67.9 Å². The van der Waals surface area contributed by atoms with Gasteiger partial charge in [-0.2, -0.15) is 0 Å². The minimum absolute atomic E-state index is 0.0294. The molecule has 1 aromatic carbocycles. The number of carbonyl (C=O) groups is 2. The normalized spacial score (nSPS) is 14.6. The minimum atomic E-state index is -0.195. The molecule has 1 aliphatic rings. The van der Waals surface area contributed by atoms with Crippen LogP contribution in [-0.4, -0.2) is 50.1 Å². The monoisotopic (exact) mass is 390 g/mol. The molecule has 0 heterocycles. The van der Waals surface area contributed by atoms with Crippen molar-refractivity contribution in [3.63, 3.8) is 0 Å². The highest BCUT2D eigenvalue weighted by molar-refractivity contribution is 5.94. The largest absolute Gasteiger partial charge is 0.493 e. The first-order valence-electron chi connectivity index (χ1n) is 10.3. The maximum Gasteiger partial charge on any atom is 0.258 e.